The fourth-order valence-corrected chi connectivity index (χ4v) is 2.26. The van der Waals surface area contributed by atoms with E-state index in [1.807, 2.05) is 36.6 Å². The highest BCUT2D eigenvalue weighted by molar-refractivity contribution is 7.14. The second-order valence-corrected chi connectivity index (χ2v) is 5.71. The first-order chi connectivity index (χ1) is 9.92. The Morgan fingerprint density at radius 1 is 1.48 bits per heavy atom. The number of nitrogens with two attached hydrogens (primary N) is 1. The summed E-state index contributed by atoms with van der Waals surface area (Å²) >= 11 is 1.37. The van der Waals surface area contributed by atoms with E-state index in [0.29, 0.717) is 11.5 Å². The lowest BCUT2D eigenvalue weighted by Gasteiger charge is -2.18. The number of amides is 1. The minimum atomic E-state index is -0.879. The van der Waals surface area contributed by atoms with Gasteiger partial charge in [-0.2, -0.15) is 0 Å². The highest BCUT2D eigenvalue weighted by Gasteiger charge is 2.16. The third-order valence-corrected chi connectivity index (χ3v) is 3.32. The molecule has 0 unspecified atom stereocenters. The third-order valence-electron chi connectivity index (χ3n) is 2.55. The Hall–Kier alpha value is -1.76. The van der Waals surface area contributed by atoms with E-state index in [9.17, 15) is 9.90 Å². The lowest BCUT2D eigenvalue weighted by molar-refractivity contribution is -0.105. The summed E-state index contributed by atoms with van der Waals surface area (Å²) in [5.41, 5.74) is 6.51. The molecule has 0 atom stereocenters. The Balaban J connectivity index is 0.000000677. The molecule has 1 aromatic carbocycles. The van der Waals surface area contributed by atoms with E-state index in [-0.39, 0.29) is 0 Å². The third kappa shape index (κ3) is 5.26. The van der Waals surface area contributed by atoms with Gasteiger partial charge < -0.3 is 16.2 Å². The van der Waals surface area contributed by atoms with Crippen LogP contribution in [-0.2, 0) is 10.4 Å². The van der Waals surface area contributed by atoms with Crippen molar-refractivity contribution in [3.05, 3.63) is 35.2 Å². The van der Waals surface area contributed by atoms with Crippen LogP contribution in [-0.4, -0.2) is 23.0 Å². The van der Waals surface area contributed by atoms with Crippen LogP contribution in [0.25, 0.3) is 11.3 Å². The number of nitrogens with one attached hydrogen (secondary N) is 1. The highest BCUT2D eigenvalue weighted by atomic mass is 32.1. The maximum Gasteiger partial charge on any atom is 0.213 e. The lowest BCUT2D eigenvalue weighted by Crippen LogP contribution is -2.15. The molecule has 2 aromatic rings. The van der Waals surface area contributed by atoms with Gasteiger partial charge in [-0.05, 0) is 32.0 Å². The quantitative estimate of drug-likeness (QED) is 0.757. The normalized spacial score (nSPS) is 10.5. The van der Waals surface area contributed by atoms with E-state index >= 15 is 0 Å². The standard InChI is InChI=1S/C13H14N2O2S.C2H7N/c1-13(2,17)10-5-3-4-9(6-10)11-7-18-12(15-11)14-8-16;1-2-3/h3-8,17H,1-2H3,(H,14,15,16);2-3H2,1H3. The molecule has 21 heavy (non-hydrogen) atoms. The molecule has 1 aromatic heterocycles. The molecule has 0 spiro atoms. The fraction of sp³-hybridized carbons (Fsp3) is 0.333. The predicted octanol–water partition coefficient (Wildman–Crippen LogP) is 2.57. The lowest BCUT2D eigenvalue weighted by atomic mass is 9.96. The topological polar surface area (TPSA) is 88.2 Å². The molecular weight excluding hydrogens is 286 g/mol. The molecule has 0 bridgehead atoms. The SMILES string of the molecule is CC(C)(O)c1cccc(-c2csc(NC=O)n2)c1.CCN. The van der Waals surface area contributed by atoms with Crippen molar-refractivity contribution in [1.29, 1.82) is 0 Å². The Kier molecular flexibility index (Phi) is 6.48. The summed E-state index contributed by atoms with van der Waals surface area (Å²) in [7, 11) is 0. The summed E-state index contributed by atoms with van der Waals surface area (Å²) in [5.74, 6) is 0. The fourth-order valence-electron chi connectivity index (χ4n) is 1.58. The van der Waals surface area contributed by atoms with Crippen molar-refractivity contribution in [3.8, 4) is 11.3 Å². The van der Waals surface area contributed by atoms with Gasteiger partial charge in [0, 0.05) is 10.9 Å². The van der Waals surface area contributed by atoms with Gasteiger partial charge in [0.25, 0.3) is 0 Å². The van der Waals surface area contributed by atoms with Crippen molar-refractivity contribution in [1.82, 2.24) is 4.98 Å². The number of benzene rings is 1. The van der Waals surface area contributed by atoms with E-state index in [0.717, 1.165) is 23.4 Å². The molecule has 5 nitrogen and oxygen atoms in total. The smallest absolute Gasteiger partial charge is 0.213 e. The Morgan fingerprint density at radius 2 is 2.14 bits per heavy atom. The van der Waals surface area contributed by atoms with Crippen LogP contribution in [0.2, 0.25) is 0 Å². The van der Waals surface area contributed by atoms with E-state index in [2.05, 4.69) is 10.3 Å². The number of rotatable bonds is 4. The van der Waals surface area contributed by atoms with Crippen LogP contribution in [0, 0.1) is 0 Å². The summed E-state index contributed by atoms with van der Waals surface area (Å²) in [6, 6.07) is 7.59. The largest absolute Gasteiger partial charge is 0.386 e. The first kappa shape index (κ1) is 17.3. The number of aromatic nitrogens is 1. The molecule has 1 heterocycles. The van der Waals surface area contributed by atoms with Gasteiger partial charge >= 0.3 is 0 Å². The first-order valence-corrected chi connectivity index (χ1v) is 7.49. The number of thiazole rings is 1. The summed E-state index contributed by atoms with van der Waals surface area (Å²) < 4.78 is 0. The number of aliphatic hydroxyl groups is 1. The van der Waals surface area contributed by atoms with Crippen LogP contribution in [0.15, 0.2) is 29.6 Å². The maximum atomic E-state index is 10.3. The van der Waals surface area contributed by atoms with E-state index in [1.165, 1.54) is 11.3 Å². The van der Waals surface area contributed by atoms with E-state index in [1.54, 1.807) is 13.8 Å². The minimum Gasteiger partial charge on any atom is -0.386 e. The monoisotopic (exact) mass is 307 g/mol. The Bertz CT molecular complexity index is 576. The molecule has 114 valence electrons. The molecular formula is C15H21N3O2S. The number of carbonyl (C=O) groups is 1. The molecule has 2 rings (SSSR count). The molecule has 0 aliphatic carbocycles. The Morgan fingerprint density at radius 3 is 2.71 bits per heavy atom. The molecule has 0 saturated heterocycles. The van der Waals surface area contributed by atoms with Crippen LogP contribution in [0.5, 0.6) is 0 Å². The van der Waals surface area contributed by atoms with Gasteiger partial charge in [0.2, 0.25) is 6.41 Å². The maximum absolute atomic E-state index is 10.3. The van der Waals surface area contributed by atoms with Gasteiger partial charge in [-0.25, -0.2) is 4.98 Å². The zero-order valence-corrected chi connectivity index (χ0v) is 13.3. The zero-order chi connectivity index (χ0) is 15.9. The molecule has 6 heteroatoms. The van der Waals surface area contributed by atoms with Crippen LogP contribution in [0.4, 0.5) is 5.13 Å². The van der Waals surface area contributed by atoms with Gasteiger partial charge in [-0.1, -0.05) is 25.1 Å². The molecule has 0 aliphatic heterocycles. The van der Waals surface area contributed by atoms with E-state index in [4.69, 9.17) is 5.73 Å². The average Bonchev–Trinajstić information content (AvgIpc) is 2.88. The number of hydrogen-bond donors (Lipinski definition) is 3. The van der Waals surface area contributed by atoms with Crippen molar-refractivity contribution in [2.75, 3.05) is 11.9 Å². The molecule has 0 aliphatic rings. The number of hydrogen-bond acceptors (Lipinski definition) is 5. The second kappa shape index (κ2) is 7.87. The van der Waals surface area contributed by atoms with Crippen molar-refractivity contribution in [2.24, 2.45) is 5.73 Å². The summed E-state index contributed by atoms with van der Waals surface area (Å²) in [6.45, 7) is 6.14. The van der Waals surface area contributed by atoms with E-state index < -0.39 is 5.60 Å². The summed E-state index contributed by atoms with van der Waals surface area (Å²) in [6.07, 6.45) is 0.607. The minimum absolute atomic E-state index is 0.564. The molecule has 4 N–H and O–H groups in total. The van der Waals surface area contributed by atoms with Gasteiger partial charge in [0.15, 0.2) is 5.13 Å². The number of carbonyl (C=O) groups excluding carboxylic acids is 1. The second-order valence-electron chi connectivity index (χ2n) is 4.85. The van der Waals surface area contributed by atoms with Crippen molar-refractivity contribution in [2.45, 2.75) is 26.4 Å². The van der Waals surface area contributed by atoms with Gasteiger partial charge in [-0.15, -0.1) is 11.3 Å². The van der Waals surface area contributed by atoms with Crippen LogP contribution in [0.1, 0.15) is 26.3 Å². The summed E-state index contributed by atoms with van der Waals surface area (Å²) in [5, 5.41) is 14.9. The van der Waals surface area contributed by atoms with Gasteiger partial charge in [-0.3, -0.25) is 4.79 Å². The summed E-state index contributed by atoms with van der Waals surface area (Å²) in [4.78, 5) is 14.6. The van der Waals surface area contributed by atoms with Gasteiger partial charge in [0.05, 0.1) is 11.3 Å². The zero-order valence-electron chi connectivity index (χ0n) is 12.5. The van der Waals surface area contributed by atoms with Crippen molar-refractivity contribution >= 4 is 22.9 Å². The van der Waals surface area contributed by atoms with Crippen molar-refractivity contribution < 1.29 is 9.90 Å². The molecule has 0 saturated carbocycles. The Labute approximate surface area is 128 Å². The molecule has 1 amide bonds. The number of anilines is 1. The first-order valence-electron chi connectivity index (χ1n) is 6.61. The van der Waals surface area contributed by atoms with Crippen molar-refractivity contribution in [3.63, 3.8) is 0 Å². The molecule has 0 fully saturated rings. The van der Waals surface area contributed by atoms with Crippen LogP contribution >= 0.6 is 11.3 Å². The molecule has 0 radical (unpaired) electrons. The average molecular weight is 307 g/mol. The van der Waals surface area contributed by atoms with Crippen LogP contribution in [0.3, 0.4) is 0 Å². The van der Waals surface area contributed by atoms with Gasteiger partial charge in [0.1, 0.15) is 0 Å². The highest BCUT2D eigenvalue weighted by Crippen LogP contribution is 2.28. The number of nitrogens with zero attached hydrogens (tertiary/aromatic N) is 1. The predicted molar refractivity (Wildman–Crippen MR) is 87.2 cm³/mol. The van der Waals surface area contributed by atoms with Crippen LogP contribution < -0.4 is 11.1 Å².